The highest BCUT2D eigenvalue weighted by Crippen LogP contribution is 2.29. The standard InChI is InChI=1S/C14H19F3N2O3S2/c1-13(2,3)19-24(21,22)11-7-5-4-6-10(11)8-18-12(20)9-23-14(15,16)17/h4-7,19H,8-9H2,1-3H3,(H,18,20). The number of hydrogen-bond acceptors (Lipinski definition) is 4. The Labute approximate surface area is 143 Å². The summed E-state index contributed by atoms with van der Waals surface area (Å²) in [6, 6.07) is 5.98. The average Bonchev–Trinajstić information content (AvgIpc) is 2.40. The van der Waals surface area contributed by atoms with Crippen LogP contribution >= 0.6 is 11.8 Å². The van der Waals surface area contributed by atoms with Gasteiger partial charge in [-0.05, 0) is 44.2 Å². The number of nitrogens with one attached hydrogen (secondary N) is 2. The minimum absolute atomic E-state index is 0.0244. The van der Waals surface area contributed by atoms with E-state index in [1.165, 1.54) is 18.2 Å². The third kappa shape index (κ3) is 7.54. The number of amides is 1. The molecule has 5 nitrogen and oxygen atoms in total. The largest absolute Gasteiger partial charge is 0.442 e. The summed E-state index contributed by atoms with van der Waals surface area (Å²) in [5.41, 5.74) is -4.90. The van der Waals surface area contributed by atoms with E-state index in [1.807, 2.05) is 0 Å². The number of carbonyl (C=O) groups excluding carboxylic acids is 1. The van der Waals surface area contributed by atoms with Gasteiger partial charge in [0.15, 0.2) is 0 Å². The lowest BCUT2D eigenvalue weighted by Crippen LogP contribution is -2.41. The van der Waals surface area contributed by atoms with Crippen LogP contribution in [0.1, 0.15) is 26.3 Å². The molecule has 0 radical (unpaired) electrons. The maximum absolute atomic E-state index is 12.4. The van der Waals surface area contributed by atoms with Crippen LogP contribution in [0.3, 0.4) is 0 Å². The summed E-state index contributed by atoms with van der Waals surface area (Å²) in [5, 5.41) is 2.29. The van der Waals surface area contributed by atoms with Crippen LogP contribution < -0.4 is 10.0 Å². The monoisotopic (exact) mass is 384 g/mol. The lowest BCUT2D eigenvalue weighted by Gasteiger charge is -2.21. The predicted octanol–water partition coefficient (Wildman–Crippen LogP) is 2.63. The number of thioether (sulfide) groups is 1. The second-order valence-electron chi connectivity index (χ2n) is 5.97. The summed E-state index contributed by atoms with van der Waals surface area (Å²) in [6.07, 6.45) is 0. The topological polar surface area (TPSA) is 75.3 Å². The van der Waals surface area contributed by atoms with Crippen molar-refractivity contribution in [2.24, 2.45) is 0 Å². The zero-order valence-electron chi connectivity index (χ0n) is 13.4. The third-order valence-corrected chi connectivity index (χ3v) is 5.14. The van der Waals surface area contributed by atoms with Crippen LogP contribution in [0.25, 0.3) is 0 Å². The van der Waals surface area contributed by atoms with E-state index in [0.29, 0.717) is 5.56 Å². The molecule has 0 aliphatic rings. The number of hydrogen-bond donors (Lipinski definition) is 2. The molecule has 0 fully saturated rings. The Bertz CT molecular complexity index is 683. The lowest BCUT2D eigenvalue weighted by molar-refractivity contribution is -0.119. The van der Waals surface area contributed by atoms with Crippen molar-refractivity contribution in [3.63, 3.8) is 0 Å². The van der Waals surface area contributed by atoms with Gasteiger partial charge in [-0.2, -0.15) is 13.2 Å². The van der Waals surface area contributed by atoms with Gasteiger partial charge in [0.1, 0.15) is 0 Å². The first kappa shape index (κ1) is 20.8. The molecule has 0 unspecified atom stereocenters. The number of halogens is 3. The van der Waals surface area contributed by atoms with Crippen molar-refractivity contribution in [2.45, 2.75) is 43.3 Å². The van der Waals surface area contributed by atoms with Crippen molar-refractivity contribution in [3.8, 4) is 0 Å². The van der Waals surface area contributed by atoms with Gasteiger partial charge in [0.05, 0.1) is 10.6 Å². The van der Waals surface area contributed by atoms with Crippen LogP contribution in [-0.4, -0.2) is 31.1 Å². The van der Waals surface area contributed by atoms with E-state index >= 15 is 0 Å². The maximum atomic E-state index is 12.4. The normalized spacial score (nSPS) is 12.9. The van der Waals surface area contributed by atoms with Gasteiger partial charge in [-0.3, -0.25) is 4.79 Å². The maximum Gasteiger partial charge on any atom is 0.442 e. The van der Waals surface area contributed by atoms with Crippen LogP contribution in [0.4, 0.5) is 13.2 Å². The van der Waals surface area contributed by atoms with Crippen molar-refractivity contribution in [2.75, 3.05) is 5.75 Å². The summed E-state index contributed by atoms with van der Waals surface area (Å²) in [6.45, 7) is 4.87. The molecule has 1 aromatic carbocycles. The smallest absolute Gasteiger partial charge is 0.351 e. The van der Waals surface area contributed by atoms with Crippen molar-refractivity contribution in [1.29, 1.82) is 0 Å². The van der Waals surface area contributed by atoms with Gasteiger partial charge < -0.3 is 5.32 Å². The quantitative estimate of drug-likeness (QED) is 0.791. The van der Waals surface area contributed by atoms with E-state index in [-0.39, 0.29) is 11.4 Å². The fourth-order valence-electron chi connectivity index (χ4n) is 1.76. The van der Waals surface area contributed by atoms with Gasteiger partial charge in [-0.15, -0.1) is 0 Å². The summed E-state index contributed by atoms with van der Waals surface area (Å²) in [5.74, 6) is -1.60. The van der Waals surface area contributed by atoms with Gasteiger partial charge in [0, 0.05) is 12.1 Å². The summed E-state index contributed by atoms with van der Waals surface area (Å²) >= 11 is -0.448. The first-order valence-electron chi connectivity index (χ1n) is 6.89. The highest BCUT2D eigenvalue weighted by atomic mass is 32.2. The minimum Gasteiger partial charge on any atom is -0.351 e. The first-order chi connectivity index (χ1) is 10.8. The van der Waals surface area contributed by atoms with E-state index in [4.69, 9.17) is 0 Å². The lowest BCUT2D eigenvalue weighted by atomic mass is 10.1. The van der Waals surface area contributed by atoms with Crippen LogP contribution in [0.15, 0.2) is 29.2 Å². The minimum atomic E-state index is -4.49. The molecular formula is C14H19F3N2O3S2. The second kappa shape index (κ2) is 7.75. The van der Waals surface area contributed by atoms with E-state index in [9.17, 15) is 26.4 Å². The van der Waals surface area contributed by atoms with E-state index < -0.39 is 44.5 Å². The number of rotatable bonds is 6. The molecule has 0 saturated carbocycles. The Balaban J connectivity index is 2.83. The molecular weight excluding hydrogens is 365 g/mol. The molecule has 0 aliphatic carbocycles. The van der Waals surface area contributed by atoms with Gasteiger partial charge in [0.25, 0.3) is 0 Å². The Morgan fingerprint density at radius 1 is 1.17 bits per heavy atom. The Morgan fingerprint density at radius 2 is 1.75 bits per heavy atom. The Morgan fingerprint density at radius 3 is 2.29 bits per heavy atom. The molecule has 0 atom stereocenters. The summed E-state index contributed by atoms with van der Waals surface area (Å²) in [4.78, 5) is 11.4. The van der Waals surface area contributed by atoms with Crippen molar-refractivity contribution in [1.82, 2.24) is 10.0 Å². The molecule has 0 aromatic heterocycles. The number of sulfonamides is 1. The molecule has 10 heteroatoms. The van der Waals surface area contributed by atoms with Gasteiger partial charge in [-0.1, -0.05) is 18.2 Å². The zero-order chi connectivity index (χ0) is 18.6. The molecule has 1 amide bonds. The molecule has 1 aromatic rings. The first-order valence-corrected chi connectivity index (χ1v) is 9.36. The Hall–Kier alpha value is -1.26. The fourth-order valence-corrected chi connectivity index (χ4v) is 3.82. The molecule has 24 heavy (non-hydrogen) atoms. The van der Waals surface area contributed by atoms with Gasteiger partial charge in [-0.25, -0.2) is 13.1 Å². The van der Waals surface area contributed by atoms with Gasteiger partial charge >= 0.3 is 5.51 Å². The van der Waals surface area contributed by atoms with E-state index in [1.54, 1.807) is 26.8 Å². The fraction of sp³-hybridized carbons (Fsp3) is 0.500. The highest BCUT2D eigenvalue weighted by Gasteiger charge is 2.29. The number of benzene rings is 1. The molecule has 0 heterocycles. The van der Waals surface area contributed by atoms with Crippen LogP contribution in [0.2, 0.25) is 0 Å². The molecule has 0 spiro atoms. The van der Waals surface area contributed by atoms with Gasteiger partial charge in [0.2, 0.25) is 15.9 Å². The summed E-state index contributed by atoms with van der Waals surface area (Å²) in [7, 11) is -3.82. The van der Waals surface area contributed by atoms with E-state index in [2.05, 4.69) is 10.0 Å². The van der Waals surface area contributed by atoms with Crippen LogP contribution in [-0.2, 0) is 21.4 Å². The number of alkyl halides is 3. The molecule has 136 valence electrons. The Kier molecular flexibility index (Phi) is 6.71. The molecule has 0 bridgehead atoms. The van der Waals surface area contributed by atoms with E-state index in [0.717, 1.165) is 0 Å². The number of carbonyl (C=O) groups is 1. The second-order valence-corrected chi connectivity index (χ2v) is 8.67. The molecule has 0 saturated heterocycles. The molecule has 2 N–H and O–H groups in total. The molecule has 0 aliphatic heterocycles. The summed E-state index contributed by atoms with van der Waals surface area (Å²) < 4.78 is 63.4. The SMILES string of the molecule is CC(C)(C)NS(=O)(=O)c1ccccc1CNC(=O)CSC(F)(F)F. The average molecular weight is 384 g/mol. The highest BCUT2D eigenvalue weighted by molar-refractivity contribution is 8.00. The molecule has 1 rings (SSSR count). The van der Waals surface area contributed by atoms with Crippen molar-refractivity contribution < 1.29 is 26.4 Å². The van der Waals surface area contributed by atoms with Crippen LogP contribution in [0, 0.1) is 0 Å². The van der Waals surface area contributed by atoms with Crippen molar-refractivity contribution >= 4 is 27.7 Å². The predicted molar refractivity (Wildman–Crippen MR) is 86.9 cm³/mol. The third-order valence-electron chi connectivity index (χ3n) is 2.55. The van der Waals surface area contributed by atoms with Crippen molar-refractivity contribution in [3.05, 3.63) is 29.8 Å². The zero-order valence-corrected chi connectivity index (χ0v) is 15.0. The van der Waals surface area contributed by atoms with Crippen LogP contribution in [0.5, 0.6) is 0 Å².